The van der Waals surface area contributed by atoms with Crippen LogP contribution in [0.5, 0.6) is 0 Å². The molecule has 2 aromatic rings. The molecule has 1 heterocycles. The Labute approximate surface area is 137 Å². The Morgan fingerprint density at radius 2 is 2.04 bits per heavy atom. The highest BCUT2D eigenvalue weighted by molar-refractivity contribution is 5.93. The normalized spacial score (nSPS) is 15.0. The molecule has 0 unspecified atom stereocenters. The molecule has 1 aliphatic rings. The Balaban J connectivity index is 1.70. The fourth-order valence-corrected chi connectivity index (χ4v) is 2.81. The Kier molecular flexibility index (Phi) is 4.91. The monoisotopic (exact) mass is 309 g/mol. The number of aromatic nitrogens is 1. The topological polar surface area (TPSA) is 54.0 Å². The van der Waals surface area contributed by atoms with Crippen molar-refractivity contribution in [2.75, 3.05) is 11.9 Å². The summed E-state index contributed by atoms with van der Waals surface area (Å²) in [5, 5.41) is 6.39. The van der Waals surface area contributed by atoms with Crippen LogP contribution in [0.4, 0.5) is 5.69 Å². The first kappa shape index (κ1) is 15.5. The van der Waals surface area contributed by atoms with Gasteiger partial charge in [0.05, 0.1) is 0 Å². The minimum absolute atomic E-state index is 0.123. The fourth-order valence-electron chi connectivity index (χ4n) is 2.81. The summed E-state index contributed by atoms with van der Waals surface area (Å²) in [6.07, 6.45) is 5.25. The van der Waals surface area contributed by atoms with Crippen LogP contribution < -0.4 is 10.6 Å². The minimum Gasteiger partial charge on any atom is -0.382 e. The molecular formula is C19H23N3O. The summed E-state index contributed by atoms with van der Waals surface area (Å²) in [6.45, 7) is 2.51. The van der Waals surface area contributed by atoms with E-state index in [0.29, 0.717) is 18.3 Å². The van der Waals surface area contributed by atoms with Crippen LogP contribution in [-0.2, 0) is 6.42 Å². The smallest absolute Gasteiger partial charge is 0.269 e. The van der Waals surface area contributed by atoms with Crippen molar-refractivity contribution in [3.63, 3.8) is 0 Å². The van der Waals surface area contributed by atoms with Gasteiger partial charge in [0, 0.05) is 24.5 Å². The predicted octanol–water partition coefficient (Wildman–Crippen LogP) is 3.26. The summed E-state index contributed by atoms with van der Waals surface area (Å²) in [5.41, 5.74) is 2.77. The molecule has 4 nitrogen and oxygen atoms in total. The molecule has 23 heavy (non-hydrogen) atoms. The van der Waals surface area contributed by atoms with E-state index in [-0.39, 0.29) is 5.91 Å². The van der Waals surface area contributed by atoms with Crippen LogP contribution in [0.25, 0.3) is 0 Å². The Hall–Kier alpha value is -2.36. The number of benzene rings is 1. The zero-order valence-electron chi connectivity index (χ0n) is 13.5. The molecule has 1 aromatic carbocycles. The lowest BCUT2D eigenvalue weighted by Gasteiger charge is -2.20. The second-order valence-electron chi connectivity index (χ2n) is 6.07. The first-order valence-electron chi connectivity index (χ1n) is 8.31. The molecule has 0 bridgehead atoms. The highest BCUT2D eigenvalue weighted by Crippen LogP contribution is 2.35. The number of nitrogens with zero attached hydrogens (tertiary/aromatic N) is 1. The molecule has 1 fully saturated rings. The maximum atomic E-state index is 11.9. The molecule has 3 rings (SSSR count). The van der Waals surface area contributed by atoms with Gasteiger partial charge in [-0.25, -0.2) is 0 Å². The lowest BCUT2D eigenvalue weighted by molar-refractivity contribution is 0.0951. The molecule has 1 aromatic heterocycles. The van der Waals surface area contributed by atoms with Gasteiger partial charge in [-0.1, -0.05) is 30.3 Å². The standard InChI is InChI=1S/C19H23N3O/c1-2-20-19(23)18-13-16(10-11-21-18)22-17(15-8-9-15)12-14-6-4-3-5-7-14/h3-7,10-11,13,15,17H,2,8-9,12H2,1H3,(H,20,23)(H,21,22)/t17-/m1/s1. The number of amides is 1. The molecule has 2 N–H and O–H groups in total. The molecule has 0 radical (unpaired) electrons. The van der Waals surface area contributed by atoms with Crippen molar-refractivity contribution < 1.29 is 4.79 Å². The van der Waals surface area contributed by atoms with Crippen molar-refractivity contribution in [1.29, 1.82) is 0 Å². The average molecular weight is 309 g/mol. The van der Waals surface area contributed by atoms with E-state index in [9.17, 15) is 4.79 Å². The molecular weight excluding hydrogens is 286 g/mol. The van der Waals surface area contributed by atoms with Gasteiger partial charge in [-0.15, -0.1) is 0 Å². The zero-order valence-corrected chi connectivity index (χ0v) is 13.5. The van der Waals surface area contributed by atoms with E-state index in [1.807, 2.05) is 25.1 Å². The Morgan fingerprint density at radius 3 is 2.74 bits per heavy atom. The largest absolute Gasteiger partial charge is 0.382 e. The lowest BCUT2D eigenvalue weighted by atomic mass is 10.0. The van der Waals surface area contributed by atoms with E-state index >= 15 is 0 Å². The molecule has 0 spiro atoms. The number of hydrogen-bond donors (Lipinski definition) is 2. The van der Waals surface area contributed by atoms with Crippen LogP contribution in [-0.4, -0.2) is 23.5 Å². The van der Waals surface area contributed by atoms with Gasteiger partial charge < -0.3 is 10.6 Å². The van der Waals surface area contributed by atoms with Gasteiger partial charge in [-0.2, -0.15) is 0 Å². The van der Waals surface area contributed by atoms with Gasteiger partial charge in [-0.05, 0) is 49.8 Å². The van der Waals surface area contributed by atoms with Crippen molar-refractivity contribution in [1.82, 2.24) is 10.3 Å². The van der Waals surface area contributed by atoms with E-state index in [4.69, 9.17) is 0 Å². The third-order valence-corrected chi connectivity index (χ3v) is 4.17. The first-order chi connectivity index (χ1) is 11.3. The second kappa shape index (κ2) is 7.27. The predicted molar refractivity (Wildman–Crippen MR) is 92.5 cm³/mol. The number of carbonyl (C=O) groups is 1. The van der Waals surface area contributed by atoms with Crippen molar-refractivity contribution in [2.45, 2.75) is 32.2 Å². The van der Waals surface area contributed by atoms with Crippen LogP contribution in [0.15, 0.2) is 48.7 Å². The maximum absolute atomic E-state index is 11.9. The highest BCUT2D eigenvalue weighted by Gasteiger charge is 2.31. The molecule has 1 amide bonds. The fraction of sp³-hybridized carbons (Fsp3) is 0.368. The minimum atomic E-state index is -0.123. The highest BCUT2D eigenvalue weighted by atomic mass is 16.1. The van der Waals surface area contributed by atoms with E-state index in [1.165, 1.54) is 18.4 Å². The first-order valence-corrected chi connectivity index (χ1v) is 8.31. The Morgan fingerprint density at radius 1 is 1.26 bits per heavy atom. The van der Waals surface area contributed by atoms with Crippen molar-refractivity contribution in [2.24, 2.45) is 5.92 Å². The summed E-state index contributed by atoms with van der Waals surface area (Å²) in [6, 6.07) is 14.7. The molecule has 0 aliphatic heterocycles. The molecule has 0 saturated heterocycles. The van der Waals surface area contributed by atoms with Crippen molar-refractivity contribution >= 4 is 11.6 Å². The van der Waals surface area contributed by atoms with Gasteiger partial charge in [0.1, 0.15) is 5.69 Å². The third-order valence-electron chi connectivity index (χ3n) is 4.17. The van der Waals surface area contributed by atoms with Crippen LogP contribution in [0.2, 0.25) is 0 Å². The summed E-state index contributed by atoms with van der Waals surface area (Å²) in [7, 11) is 0. The van der Waals surface area contributed by atoms with E-state index < -0.39 is 0 Å². The third kappa shape index (κ3) is 4.31. The Bertz CT molecular complexity index is 653. The molecule has 120 valence electrons. The van der Waals surface area contributed by atoms with Crippen LogP contribution in [0.1, 0.15) is 35.8 Å². The number of hydrogen-bond acceptors (Lipinski definition) is 3. The van der Waals surface area contributed by atoms with Crippen LogP contribution in [0, 0.1) is 5.92 Å². The second-order valence-corrected chi connectivity index (χ2v) is 6.07. The summed E-state index contributed by atoms with van der Waals surface area (Å²) in [4.78, 5) is 16.1. The van der Waals surface area contributed by atoms with Crippen LogP contribution in [0.3, 0.4) is 0 Å². The van der Waals surface area contributed by atoms with Gasteiger partial charge in [-0.3, -0.25) is 9.78 Å². The number of rotatable bonds is 7. The molecule has 4 heteroatoms. The number of nitrogens with one attached hydrogen (secondary N) is 2. The van der Waals surface area contributed by atoms with Gasteiger partial charge in [0.15, 0.2) is 0 Å². The number of anilines is 1. The molecule has 1 atom stereocenters. The van der Waals surface area contributed by atoms with E-state index in [0.717, 1.165) is 18.0 Å². The van der Waals surface area contributed by atoms with E-state index in [1.54, 1.807) is 6.20 Å². The molecule has 1 aliphatic carbocycles. The maximum Gasteiger partial charge on any atom is 0.269 e. The van der Waals surface area contributed by atoms with E-state index in [2.05, 4.69) is 39.9 Å². The molecule has 1 saturated carbocycles. The number of pyridine rings is 1. The van der Waals surface area contributed by atoms with Crippen molar-refractivity contribution in [3.05, 3.63) is 59.9 Å². The zero-order chi connectivity index (χ0) is 16.1. The summed E-state index contributed by atoms with van der Waals surface area (Å²) >= 11 is 0. The lowest BCUT2D eigenvalue weighted by Crippen LogP contribution is -2.26. The van der Waals surface area contributed by atoms with Gasteiger partial charge >= 0.3 is 0 Å². The number of carbonyl (C=O) groups excluding carboxylic acids is 1. The summed E-state index contributed by atoms with van der Waals surface area (Å²) < 4.78 is 0. The van der Waals surface area contributed by atoms with Gasteiger partial charge in [0.25, 0.3) is 5.91 Å². The summed E-state index contributed by atoms with van der Waals surface area (Å²) in [5.74, 6) is 0.596. The van der Waals surface area contributed by atoms with Crippen molar-refractivity contribution in [3.8, 4) is 0 Å². The quantitative estimate of drug-likeness (QED) is 0.825. The SMILES string of the molecule is CCNC(=O)c1cc(N[C@H](Cc2ccccc2)C2CC2)ccn1. The average Bonchev–Trinajstić information content (AvgIpc) is 3.41. The van der Waals surface area contributed by atoms with Gasteiger partial charge in [0.2, 0.25) is 0 Å². The van der Waals surface area contributed by atoms with Crippen LogP contribution >= 0.6 is 0 Å².